The first-order valence-corrected chi connectivity index (χ1v) is 11.0. The first-order valence-electron chi connectivity index (χ1n) is 10.6. The molecule has 1 amide bonds. The lowest BCUT2D eigenvalue weighted by Crippen LogP contribution is -2.14. The summed E-state index contributed by atoms with van der Waals surface area (Å²) >= 11 is 5.62. The predicted octanol–water partition coefficient (Wildman–Crippen LogP) is 7.28. The average molecular weight is 517 g/mol. The largest absolute Gasteiger partial charge is 0.493 e. The van der Waals surface area contributed by atoms with Crippen molar-refractivity contribution in [3.63, 3.8) is 0 Å². The summed E-state index contributed by atoms with van der Waals surface area (Å²) in [6.45, 7) is 1.81. The number of rotatable bonds is 6. The molecule has 1 N–H and O–H groups in total. The first kappa shape index (κ1) is 25.1. The number of hydrogen-bond acceptors (Lipinski definition) is 5. The van der Waals surface area contributed by atoms with E-state index in [1.807, 2.05) is 6.07 Å². The van der Waals surface area contributed by atoms with E-state index in [0.717, 1.165) is 17.5 Å². The Morgan fingerprint density at radius 3 is 2.19 bits per heavy atom. The molecule has 0 aliphatic carbocycles. The number of ether oxygens (including phenoxy) is 3. The number of pyridine rings is 1. The number of nitrogens with one attached hydrogen (secondary N) is 1. The van der Waals surface area contributed by atoms with Gasteiger partial charge in [0.15, 0.2) is 11.5 Å². The van der Waals surface area contributed by atoms with Gasteiger partial charge in [0.1, 0.15) is 11.5 Å². The van der Waals surface area contributed by atoms with E-state index < -0.39 is 22.7 Å². The summed E-state index contributed by atoms with van der Waals surface area (Å²) in [7, 11) is 3.10. The Bertz CT molecular complexity index is 1440. The quantitative estimate of drug-likeness (QED) is 0.292. The number of aromatic nitrogens is 1. The molecule has 1 heterocycles. The maximum atomic E-state index is 13.1. The molecule has 0 aliphatic rings. The van der Waals surface area contributed by atoms with Gasteiger partial charge >= 0.3 is 6.18 Å². The number of methoxy groups -OCH3 is 2. The smallest absolute Gasteiger partial charge is 0.417 e. The lowest BCUT2D eigenvalue weighted by molar-refractivity contribution is -0.137. The molecular weight excluding hydrogens is 497 g/mol. The third kappa shape index (κ3) is 5.31. The first-order chi connectivity index (χ1) is 17.1. The molecule has 186 valence electrons. The van der Waals surface area contributed by atoms with Crippen LogP contribution >= 0.6 is 11.6 Å². The lowest BCUT2D eigenvalue weighted by Gasteiger charge is -2.13. The molecule has 0 atom stereocenters. The summed E-state index contributed by atoms with van der Waals surface area (Å²) < 4.78 is 55.9. The number of amides is 1. The number of benzene rings is 3. The molecule has 0 unspecified atom stereocenters. The Kier molecular flexibility index (Phi) is 6.94. The zero-order valence-electron chi connectivity index (χ0n) is 19.4. The highest BCUT2D eigenvalue weighted by atomic mass is 35.5. The van der Waals surface area contributed by atoms with Crippen molar-refractivity contribution in [2.45, 2.75) is 13.1 Å². The van der Waals surface area contributed by atoms with Crippen LogP contribution in [0.1, 0.15) is 21.6 Å². The van der Waals surface area contributed by atoms with Gasteiger partial charge < -0.3 is 19.5 Å². The summed E-state index contributed by atoms with van der Waals surface area (Å²) in [4.78, 5) is 17.0. The van der Waals surface area contributed by atoms with Gasteiger partial charge in [0.05, 0.1) is 36.0 Å². The van der Waals surface area contributed by atoms with Crippen LogP contribution in [0.25, 0.3) is 10.9 Å². The van der Waals surface area contributed by atoms with E-state index in [1.54, 1.807) is 57.5 Å². The van der Waals surface area contributed by atoms with Crippen molar-refractivity contribution in [3.05, 3.63) is 82.5 Å². The number of halogens is 4. The summed E-state index contributed by atoms with van der Waals surface area (Å²) in [5.41, 5.74) is 0.496. The minimum Gasteiger partial charge on any atom is -0.493 e. The van der Waals surface area contributed by atoms with Crippen molar-refractivity contribution in [1.82, 2.24) is 4.98 Å². The second-order valence-corrected chi connectivity index (χ2v) is 8.15. The second kappa shape index (κ2) is 9.94. The van der Waals surface area contributed by atoms with E-state index in [9.17, 15) is 18.0 Å². The molecule has 4 rings (SSSR count). The van der Waals surface area contributed by atoms with Crippen LogP contribution in [0.5, 0.6) is 23.0 Å². The molecule has 10 heteroatoms. The third-order valence-electron chi connectivity index (χ3n) is 5.34. The minimum atomic E-state index is -4.67. The molecule has 0 radical (unpaired) electrons. The van der Waals surface area contributed by atoms with Crippen LogP contribution in [-0.2, 0) is 6.18 Å². The molecule has 36 heavy (non-hydrogen) atoms. The number of fused-ring (bicyclic) bond motifs is 1. The Hall–Kier alpha value is -3.98. The summed E-state index contributed by atoms with van der Waals surface area (Å²) in [5.74, 6) is 1.42. The molecular formula is C26H20ClF3N2O4. The van der Waals surface area contributed by atoms with Crippen molar-refractivity contribution < 1.29 is 32.2 Å². The van der Waals surface area contributed by atoms with Gasteiger partial charge in [-0.05, 0) is 61.5 Å². The highest BCUT2D eigenvalue weighted by molar-refractivity contribution is 6.31. The number of anilines is 1. The van der Waals surface area contributed by atoms with Crippen molar-refractivity contribution >= 4 is 34.1 Å². The number of hydrogen-bond donors (Lipinski definition) is 1. The van der Waals surface area contributed by atoms with Gasteiger partial charge in [-0.2, -0.15) is 13.2 Å². The number of aryl methyl sites for hydroxylation is 1. The molecule has 6 nitrogen and oxygen atoms in total. The van der Waals surface area contributed by atoms with E-state index in [-0.39, 0.29) is 5.56 Å². The van der Waals surface area contributed by atoms with E-state index in [1.165, 1.54) is 6.07 Å². The van der Waals surface area contributed by atoms with Gasteiger partial charge in [-0.1, -0.05) is 11.6 Å². The molecule has 0 fully saturated rings. The van der Waals surface area contributed by atoms with E-state index in [0.29, 0.717) is 39.9 Å². The highest BCUT2D eigenvalue weighted by Gasteiger charge is 2.33. The van der Waals surface area contributed by atoms with Crippen molar-refractivity contribution in [3.8, 4) is 23.0 Å². The van der Waals surface area contributed by atoms with Gasteiger partial charge in [0.2, 0.25) is 0 Å². The minimum absolute atomic E-state index is 0.169. The predicted molar refractivity (Wildman–Crippen MR) is 131 cm³/mol. The zero-order chi connectivity index (χ0) is 26.0. The number of nitrogens with zero attached hydrogens (tertiary/aromatic N) is 1. The van der Waals surface area contributed by atoms with Crippen LogP contribution in [0.3, 0.4) is 0 Å². The topological polar surface area (TPSA) is 69.7 Å². The summed E-state index contributed by atoms with van der Waals surface area (Å²) in [6.07, 6.45) is -4.67. The zero-order valence-corrected chi connectivity index (χ0v) is 20.1. The van der Waals surface area contributed by atoms with Crippen LogP contribution < -0.4 is 19.5 Å². The fourth-order valence-corrected chi connectivity index (χ4v) is 3.73. The lowest BCUT2D eigenvalue weighted by atomic mass is 10.1. The molecule has 4 aromatic rings. The molecule has 0 bridgehead atoms. The number of carbonyl (C=O) groups excluding carboxylic acids is 1. The Balaban J connectivity index is 1.51. The molecule has 0 saturated carbocycles. The fraction of sp³-hybridized carbons (Fsp3) is 0.154. The van der Waals surface area contributed by atoms with Crippen LogP contribution in [0.2, 0.25) is 5.02 Å². The molecule has 0 aliphatic heterocycles. The van der Waals surface area contributed by atoms with Gasteiger partial charge in [-0.3, -0.25) is 4.79 Å². The summed E-state index contributed by atoms with van der Waals surface area (Å²) in [5, 5.41) is 2.88. The van der Waals surface area contributed by atoms with Crippen LogP contribution in [0.4, 0.5) is 18.9 Å². The van der Waals surface area contributed by atoms with E-state index in [4.69, 9.17) is 25.8 Å². The van der Waals surface area contributed by atoms with E-state index in [2.05, 4.69) is 10.3 Å². The van der Waals surface area contributed by atoms with Crippen molar-refractivity contribution in [2.24, 2.45) is 0 Å². The standard InChI is InChI=1S/C26H20ClF3N2O4/c1-14-22(11-16-12-23(34-2)24(35-3)13-21(16)31-14)36-18-7-5-17(6-8-18)32-25(33)15-4-9-20(27)19(10-15)26(28,29)30/h4-13H,1-3H3,(H,32,33). The van der Waals surface area contributed by atoms with Gasteiger partial charge in [-0.25, -0.2) is 4.98 Å². The molecule has 0 saturated heterocycles. The fourth-order valence-electron chi connectivity index (χ4n) is 3.50. The average Bonchev–Trinajstić information content (AvgIpc) is 2.84. The van der Waals surface area contributed by atoms with Crippen LogP contribution in [0.15, 0.2) is 60.7 Å². The Labute approximate surface area is 209 Å². The molecule has 1 aromatic heterocycles. The van der Waals surface area contributed by atoms with Crippen LogP contribution in [0, 0.1) is 6.92 Å². The van der Waals surface area contributed by atoms with E-state index >= 15 is 0 Å². The highest BCUT2D eigenvalue weighted by Crippen LogP contribution is 2.36. The SMILES string of the molecule is COc1cc2cc(Oc3ccc(NC(=O)c4ccc(Cl)c(C(F)(F)F)c4)cc3)c(C)nc2cc1OC. The third-order valence-corrected chi connectivity index (χ3v) is 5.67. The maximum Gasteiger partial charge on any atom is 0.417 e. The monoisotopic (exact) mass is 516 g/mol. The summed E-state index contributed by atoms with van der Waals surface area (Å²) in [6, 6.07) is 14.8. The normalized spacial score (nSPS) is 11.3. The van der Waals surface area contributed by atoms with Gasteiger partial charge in [0, 0.05) is 22.7 Å². The number of carbonyl (C=O) groups is 1. The van der Waals surface area contributed by atoms with Gasteiger partial charge in [0.25, 0.3) is 5.91 Å². The second-order valence-electron chi connectivity index (χ2n) is 7.74. The van der Waals surface area contributed by atoms with Crippen molar-refractivity contribution in [2.75, 3.05) is 19.5 Å². The molecule has 3 aromatic carbocycles. The van der Waals surface area contributed by atoms with Crippen molar-refractivity contribution in [1.29, 1.82) is 0 Å². The Morgan fingerprint density at radius 2 is 1.56 bits per heavy atom. The number of alkyl halides is 3. The van der Waals surface area contributed by atoms with Gasteiger partial charge in [-0.15, -0.1) is 0 Å². The maximum absolute atomic E-state index is 13.1. The molecule has 0 spiro atoms. The Morgan fingerprint density at radius 1 is 0.917 bits per heavy atom. The van der Waals surface area contributed by atoms with Crippen LogP contribution in [-0.4, -0.2) is 25.1 Å².